The fourth-order valence-corrected chi connectivity index (χ4v) is 3.19. The van der Waals surface area contributed by atoms with Crippen LogP contribution in [0.2, 0.25) is 0 Å². The van der Waals surface area contributed by atoms with Crippen LogP contribution in [0.15, 0.2) is 30.3 Å². The third-order valence-corrected chi connectivity index (χ3v) is 4.52. The van der Waals surface area contributed by atoms with Crippen LogP contribution in [0.25, 0.3) is 0 Å². The second-order valence-electron chi connectivity index (χ2n) is 6.08. The van der Waals surface area contributed by atoms with Crippen LogP contribution in [0.4, 0.5) is 0 Å². The Hall–Kier alpha value is -1.35. The van der Waals surface area contributed by atoms with Crippen LogP contribution in [0.5, 0.6) is 0 Å². The maximum atomic E-state index is 12.3. The Morgan fingerprint density at radius 1 is 1.29 bits per heavy atom. The number of piperidine rings is 1. The van der Waals surface area contributed by atoms with Crippen molar-refractivity contribution in [2.75, 3.05) is 20.1 Å². The van der Waals surface area contributed by atoms with Crippen LogP contribution in [0.1, 0.15) is 44.6 Å². The third kappa shape index (κ3) is 4.85. The summed E-state index contributed by atoms with van der Waals surface area (Å²) in [6.07, 6.45) is 5.76. The third-order valence-electron chi connectivity index (χ3n) is 4.52. The van der Waals surface area contributed by atoms with Gasteiger partial charge in [-0.05, 0) is 31.4 Å². The van der Waals surface area contributed by atoms with Gasteiger partial charge in [-0.1, -0.05) is 43.7 Å². The van der Waals surface area contributed by atoms with Gasteiger partial charge in [-0.3, -0.25) is 9.69 Å². The lowest BCUT2D eigenvalue weighted by Gasteiger charge is -2.35. The molecule has 1 fully saturated rings. The van der Waals surface area contributed by atoms with E-state index in [1.807, 2.05) is 30.1 Å². The van der Waals surface area contributed by atoms with Crippen LogP contribution in [-0.4, -0.2) is 41.9 Å². The molecule has 0 bridgehead atoms. The Bertz CT molecular complexity index is 432. The van der Waals surface area contributed by atoms with E-state index < -0.39 is 0 Å². The summed E-state index contributed by atoms with van der Waals surface area (Å²) in [5.74, 6) is 0.249. The molecule has 116 valence electrons. The number of hydrogen-bond donors (Lipinski definition) is 0. The first-order valence-corrected chi connectivity index (χ1v) is 8.22. The van der Waals surface area contributed by atoms with E-state index in [-0.39, 0.29) is 5.91 Å². The van der Waals surface area contributed by atoms with E-state index in [1.165, 1.54) is 31.2 Å². The van der Waals surface area contributed by atoms with Gasteiger partial charge in [-0.25, -0.2) is 0 Å². The molecule has 2 rings (SSSR count). The smallest absolute Gasteiger partial charge is 0.223 e. The van der Waals surface area contributed by atoms with Crippen LogP contribution >= 0.6 is 0 Å². The average Bonchev–Trinajstić information content (AvgIpc) is 2.53. The van der Waals surface area contributed by atoms with Gasteiger partial charge in [0.15, 0.2) is 0 Å². The van der Waals surface area contributed by atoms with Crippen molar-refractivity contribution in [3.63, 3.8) is 0 Å². The van der Waals surface area contributed by atoms with Gasteiger partial charge in [0.05, 0.1) is 0 Å². The zero-order chi connectivity index (χ0) is 15.1. The quantitative estimate of drug-likeness (QED) is 0.802. The van der Waals surface area contributed by atoms with E-state index in [0.29, 0.717) is 19.0 Å². The summed E-state index contributed by atoms with van der Waals surface area (Å²) in [7, 11) is 1.91. The lowest BCUT2D eigenvalue weighted by molar-refractivity contribution is -0.131. The summed E-state index contributed by atoms with van der Waals surface area (Å²) in [6, 6.07) is 10.9. The topological polar surface area (TPSA) is 23.6 Å². The second kappa shape index (κ2) is 8.18. The van der Waals surface area contributed by atoms with Crippen molar-refractivity contribution in [1.29, 1.82) is 0 Å². The van der Waals surface area contributed by atoms with Gasteiger partial charge in [0, 0.05) is 32.6 Å². The molecule has 1 atom stereocenters. The average molecular weight is 288 g/mol. The molecule has 21 heavy (non-hydrogen) atoms. The van der Waals surface area contributed by atoms with Crippen molar-refractivity contribution in [3.8, 4) is 0 Å². The first-order chi connectivity index (χ1) is 10.2. The first kappa shape index (κ1) is 16.0. The highest BCUT2D eigenvalue weighted by Crippen LogP contribution is 2.19. The van der Waals surface area contributed by atoms with Crippen molar-refractivity contribution < 1.29 is 4.79 Å². The molecule has 0 radical (unpaired) electrons. The number of carbonyl (C=O) groups is 1. The molecule has 1 unspecified atom stereocenters. The van der Waals surface area contributed by atoms with Crippen molar-refractivity contribution in [1.82, 2.24) is 9.80 Å². The SMILES string of the molecule is CCC1CCCCN1CCC(=O)N(C)Cc1ccccc1. The minimum Gasteiger partial charge on any atom is -0.341 e. The molecule has 0 spiro atoms. The van der Waals surface area contributed by atoms with Gasteiger partial charge in [-0.15, -0.1) is 0 Å². The number of likely N-dealkylation sites (tertiary alicyclic amines) is 1. The standard InChI is InChI=1S/C18H28N2O/c1-3-17-11-7-8-13-20(17)14-12-18(21)19(2)15-16-9-5-4-6-10-16/h4-6,9-10,17H,3,7-8,11-15H2,1-2H3. The highest BCUT2D eigenvalue weighted by atomic mass is 16.2. The number of rotatable bonds is 6. The van der Waals surface area contributed by atoms with E-state index in [4.69, 9.17) is 0 Å². The fourth-order valence-electron chi connectivity index (χ4n) is 3.19. The molecule has 1 aromatic carbocycles. The lowest BCUT2D eigenvalue weighted by Crippen LogP contribution is -2.41. The minimum absolute atomic E-state index is 0.249. The summed E-state index contributed by atoms with van der Waals surface area (Å²) >= 11 is 0. The molecular weight excluding hydrogens is 260 g/mol. The lowest BCUT2D eigenvalue weighted by atomic mass is 10.00. The van der Waals surface area contributed by atoms with Gasteiger partial charge in [-0.2, -0.15) is 0 Å². The van der Waals surface area contributed by atoms with Crippen LogP contribution in [-0.2, 0) is 11.3 Å². The Labute approximate surface area is 128 Å². The number of benzene rings is 1. The van der Waals surface area contributed by atoms with E-state index in [0.717, 1.165) is 13.1 Å². The fraction of sp³-hybridized carbons (Fsp3) is 0.611. The maximum Gasteiger partial charge on any atom is 0.223 e. The summed E-state index contributed by atoms with van der Waals surface area (Å²) in [5.41, 5.74) is 1.19. The molecule has 1 amide bonds. The van der Waals surface area contributed by atoms with Crippen molar-refractivity contribution in [2.45, 2.75) is 51.6 Å². The normalized spacial score (nSPS) is 19.4. The monoisotopic (exact) mass is 288 g/mol. The summed E-state index contributed by atoms with van der Waals surface area (Å²) in [6.45, 7) is 5.04. The van der Waals surface area contributed by atoms with Crippen molar-refractivity contribution in [2.24, 2.45) is 0 Å². The highest BCUT2D eigenvalue weighted by Gasteiger charge is 2.21. The molecule has 1 aliphatic rings. The molecule has 0 aliphatic carbocycles. The molecule has 0 N–H and O–H groups in total. The van der Waals surface area contributed by atoms with Gasteiger partial charge < -0.3 is 4.90 Å². The van der Waals surface area contributed by atoms with Gasteiger partial charge in [0.2, 0.25) is 5.91 Å². The summed E-state index contributed by atoms with van der Waals surface area (Å²) in [5, 5.41) is 0. The molecular formula is C18H28N2O. The number of carbonyl (C=O) groups excluding carboxylic acids is 1. The zero-order valence-corrected chi connectivity index (χ0v) is 13.4. The van der Waals surface area contributed by atoms with Crippen molar-refractivity contribution in [3.05, 3.63) is 35.9 Å². The predicted octanol–water partition coefficient (Wildman–Crippen LogP) is 3.30. The zero-order valence-electron chi connectivity index (χ0n) is 13.4. The minimum atomic E-state index is 0.249. The number of nitrogens with zero attached hydrogens (tertiary/aromatic N) is 2. The van der Waals surface area contributed by atoms with E-state index in [9.17, 15) is 4.79 Å². The Balaban J connectivity index is 1.78. The number of amides is 1. The Kier molecular flexibility index (Phi) is 6.24. The second-order valence-corrected chi connectivity index (χ2v) is 6.08. The number of hydrogen-bond acceptors (Lipinski definition) is 2. The molecule has 1 aromatic rings. The van der Waals surface area contributed by atoms with E-state index in [1.54, 1.807) is 0 Å². The molecule has 3 nitrogen and oxygen atoms in total. The maximum absolute atomic E-state index is 12.3. The van der Waals surface area contributed by atoms with E-state index >= 15 is 0 Å². The molecule has 0 saturated carbocycles. The largest absolute Gasteiger partial charge is 0.341 e. The molecule has 3 heteroatoms. The Morgan fingerprint density at radius 2 is 2.05 bits per heavy atom. The van der Waals surface area contributed by atoms with Crippen LogP contribution in [0, 0.1) is 0 Å². The van der Waals surface area contributed by atoms with Crippen LogP contribution < -0.4 is 0 Å². The molecule has 0 aromatic heterocycles. The predicted molar refractivity (Wildman–Crippen MR) is 87.0 cm³/mol. The van der Waals surface area contributed by atoms with Crippen LogP contribution in [0.3, 0.4) is 0 Å². The summed E-state index contributed by atoms with van der Waals surface area (Å²) in [4.78, 5) is 16.6. The molecule has 1 aliphatic heterocycles. The van der Waals surface area contributed by atoms with Gasteiger partial charge in [0.25, 0.3) is 0 Å². The molecule has 1 heterocycles. The Morgan fingerprint density at radius 3 is 2.76 bits per heavy atom. The van der Waals surface area contributed by atoms with Crippen molar-refractivity contribution >= 4 is 5.91 Å². The molecule has 1 saturated heterocycles. The highest BCUT2D eigenvalue weighted by molar-refractivity contribution is 5.76. The summed E-state index contributed by atoms with van der Waals surface area (Å²) < 4.78 is 0. The van der Waals surface area contributed by atoms with E-state index in [2.05, 4.69) is 24.0 Å². The van der Waals surface area contributed by atoms with Gasteiger partial charge >= 0.3 is 0 Å². The van der Waals surface area contributed by atoms with Gasteiger partial charge in [0.1, 0.15) is 0 Å². The first-order valence-electron chi connectivity index (χ1n) is 8.22.